The predicted molar refractivity (Wildman–Crippen MR) is 75.6 cm³/mol. The fourth-order valence-electron chi connectivity index (χ4n) is 2.14. The molecule has 0 fully saturated rings. The van der Waals surface area contributed by atoms with E-state index in [-0.39, 0.29) is 17.7 Å². The number of nitrogens with one attached hydrogen (secondary N) is 1. The summed E-state index contributed by atoms with van der Waals surface area (Å²) in [6.07, 6.45) is 1.65. The number of rotatable bonds is 8. The van der Waals surface area contributed by atoms with Gasteiger partial charge in [0.05, 0.1) is 6.61 Å². The second-order valence-electron chi connectivity index (χ2n) is 4.43. The Bertz CT molecular complexity index is 427. The van der Waals surface area contributed by atoms with E-state index < -0.39 is 11.6 Å². The number of nitrogens with two attached hydrogens (primary N) is 1. The van der Waals surface area contributed by atoms with Crippen LogP contribution < -0.4 is 16.2 Å². The summed E-state index contributed by atoms with van der Waals surface area (Å²) in [5.74, 6) is 3.59. The summed E-state index contributed by atoms with van der Waals surface area (Å²) in [4.78, 5) is 5.74. The van der Waals surface area contributed by atoms with E-state index in [0.29, 0.717) is 13.2 Å². The van der Waals surface area contributed by atoms with Gasteiger partial charge in [-0.2, -0.15) is 0 Å². The van der Waals surface area contributed by atoms with E-state index in [1.807, 2.05) is 13.8 Å². The summed E-state index contributed by atoms with van der Waals surface area (Å²) in [6.45, 7) is 4.93. The average molecular weight is 288 g/mol. The van der Waals surface area contributed by atoms with Gasteiger partial charge in [0.1, 0.15) is 0 Å². The van der Waals surface area contributed by atoms with Crippen LogP contribution in [0.3, 0.4) is 0 Å². The number of hydrogen-bond acceptors (Lipinski definition) is 5. The maximum absolute atomic E-state index is 14.0. The predicted octanol–water partition coefficient (Wildman–Crippen LogP) is 2.29. The number of pyridine rings is 1. The van der Waals surface area contributed by atoms with Crippen molar-refractivity contribution < 1.29 is 13.5 Å². The molecule has 20 heavy (non-hydrogen) atoms. The number of methoxy groups -OCH3 is 1. The van der Waals surface area contributed by atoms with Crippen LogP contribution in [-0.4, -0.2) is 31.3 Å². The molecule has 7 heteroatoms. The standard InChI is InChI=1S/C13H22F2N4O/c1-4-9(5-2)19(6-7-20-3)13-11(15)8-10(14)12(17-13)18-16/h8-9H,4-7,16H2,1-3H3,(H,17,18). The Hall–Kier alpha value is -1.47. The third kappa shape index (κ3) is 3.77. The van der Waals surface area contributed by atoms with Gasteiger partial charge in [-0.1, -0.05) is 13.8 Å². The number of halogens is 2. The molecule has 0 aliphatic rings. The van der Waals surface area contributed by atoms with Gasteiger partial charge < -0.3 is 15.1 Å². The van der Waals surface area contributed by atoms with Gasteiger partial charge in [0, 0.05) is 25.8 Å². The molecule has 0 spiro atoms. The van der Waals surface area contributed by atoms with E-state index in [4.69, 9.17) is 10.6 Å². The van der Waals surface area contributed by atoms with Gasteiger partial charge >= 0.3 is 0 Å². The van der Waals surface area contributed by atoms with Crippen molar-refractivity contribution in [2.24, 2.45) is 5.84 Å². The highest BCUT2D eigenvalue weighted by atomic mass is 19.1. The lowest BCUT2D eigenvalue weighted by Crippen LogP contribution is -2.38. The summed E-state index contributed by atoms with van der Waals surface area (Å²) in [5, 5.41) is 0. The second kappa shape index (κ2) is 7.96. The largest absolute Gasteiger partial charge is 0.383 e. The number of nitrogens with zero attached hydrogens (tertiary/aromatic N) is 2. The summed E-state index contributed by atoms with van der Waals surface area (Å²) >= 11 is 0. The van der Waals surface area contributed by atoms with Gasteiger partial charge in [0.2, 0.25) is 0 Å². The van der Waals surface area contributed by atoms with Crippen LogP contribution in [0.15, 0.2) is 6.07 Å². The highest BCUT2D eigenvalue weighted by Crippen LogP contribution is 2.25. The molecule has 0 saturated heterocycles. The molecule has 0 aliphatic heterocycles. The molecule has 0 radical (unpaired) electrons. The summed E-state index contributed by atoms with van der Waals surface area (Å²) in [7, 11) is 1.58. The molecule has 0 aliphatic carbocycles. The monoisotopic (exact) mass is 288 g/mol. The molecule has 0 amide bonds. The van der Waals surface area contributed by atoms with Crippen LogP contribution in [0.4, 0.5) is 20.4 Å². The maximum Gasteiger partial charge on any atom is 0.178 e. The maximum atomic E-state index is 14.0. The zero-order valence-electron chi connectivity index (χ0n) is 12.1. The zero-order valence-corrected chi connectivity index (χ0v) is 12.1. The van der Waals surface area contributed by atoms with E-state index in [2.05, 4.69) is 10.4 Å². The topological polar surface area (TPSA) is 63.4 Å². The van der Waals surface area contributed by atoms with Crippen molar-refractivity contribution in [1.29, 1.82) is 0 Å². The Morgan fingerprint density at radius 1 is 1.35 bits per heavy atom. The number of hydrazine groups is 1. The highest BCUT2D eigenvalue weighted by molar-refractivity contribution is 5.49. The lowest BCUT2D eigenvalue weighted by molar-refractivity contribution is 0.202. The normalized spacial score (nSPS) is 10.9. The zero-order chi connectivity index (χ0) is 15.1. The minimum atomic E-state index is -0.815. The first-order valence-corrected chi connectivity index (χ1v) is 6.67. The van der Waals surface area contributed by atoms with Gasteiger partial charge in [-0.25, -0.2) is 19.6 Å². The Balaban J connectivity index is 3.17. The molecule has 0 unspecified atom stereocenters. The number of aromatic nitrogens is 1. The van der Waals surface area contributed by atoms with Crippen LogP contribution in [0.25, 0.3) is 0 Å². The molecule has 1 aromatic rings. The first kappa shape index (κ1) is 16.6. The Labute approximate surface area is 118 Å². The molecule has 114 valence electrons. The van der Waals surface area contributed by atoms with Gasteiger partial charge in [-0.05, 0) is 12.8 Å². The molecule has 1 aromatic heterocycles. The molecule has 1 heterocycles. The quantitative estimate of drug-likeness (QED) is 0.567. The fraction of sp³-hybridized carbons (Fsp3) is 0.615. The lowest BCUT2D eigenvalue weighted by Gasteiger charge is -2.31. The third-order valence-electron chi connectivity index (χ3n) is 3.24. The van der Waals surface area contributed by atoms with E-state index in [1.165, 1.54) is 0 Å². The minimum absolute atomic E-state index is 0.0881. The fourth-order valence-corrected chi connectivity index (χ4v) is 2.14. The molecule has 0 aromatic carbocycles. The summed E-state index contributed by atoms with van der Waals surface area (Å²) in [5.41, 5.74) is 2.14. The summed E-state index contributed by atoms with van der Waals surface area (Å²) < 4.78 is 32.5. The number of hydrogen-bond donors (Lipinski definition) is 2. The lowest BCUT2D eigenvalue weighted by atomic mass is 10.1. The van der Waals surface area contributed by atoms with Crippen LogP contribution in [0.5, 0.6) is 0 Å². The van der Waals surface area contributed by atoms with E-state index >= 15 is 0 Å². The molecule has 5 nitrogen and oxygen atoms in total. The number of nitrogen functional groups attached to an aromatic ring is 1. The van der Waals surface area contributed by atoms with Crippen molar-refractivity contribution in [3.8, 4) is 0 Å². The number of anilines is 2. The van der Waals surface area contributed by atoms with Crippen molar-refractivity contribution in [2.45, 2.75) is 32.7 Å². The second-order valence-corrected chi connectivity index (χ2v) is 4.43. The first-order valence-electron chi connectivity index (χ1n) is 6.67. The van der Waals surface area contributed by atoms with Gasteiger partial charge in [0.25, 0.3) is 0 Å². The Kier molecular flexibility index (Phi) is 6.60. The van der Waals surface area contributed by atoms with Crippen molar-refractivity contribution in [1.82, 2.24) is 4.98 Å². The average Bonchev–Trinajstić information content (AvgIpc) is 2.44. The molecular weight excluding hydrogens is 266 g/mol. The number of ether oxygens (including phenoxy) is 1. The van der Waals surface area contributed by atoms with Crippen molar-refractivity contribution in [3.05, 3.63) is 17.7 Å². The molecule has 0 saturated carbocycles. The van der Waals surface area contributed by atoms with E-state index in [0.717, 1.165) is 18.9 Å². The third-order valence-corrected chi connectivity index (χ3v) is 3.24. The SMILES string of the molecule is CCC(CC)N(CCOC)c1nc(NN)c(F)cc1F. The van der Waals surface area contributed by atoms with Crippen molar-refractivity contribution in [3.63, 3.8) is 0 Å². The van der Waals surface area contributed by atoms with E-state index in [1.54, 1.807) is 12.0 Å². The molecular formula is C13H22F2N4O. The van der Waals surface area contributed by atoms with Crippen LogP contribution in [0, 0.1) is 11.6 Å². The highest BCUT2D eigenvalue weighted by Gasteiger charge is 2.22. The summed E-state index contributed by atoms with van der Waals surface area (Å²) in [6, 6.07) is 0.892. The minimum Gasteiger partial charge on any atom is -0.383 e. The van der Waals surface area contributed by atoms with Gasteiger partial charge in [-0.15, -0.1) is 0 Å². The molecule has 1 rings (SSSR count). The molecule has 3 N–H and O–H groups in total. The van der Waals surface area contributed by atoms with Crippen molar-refractivity contribution >= 4 is 11.6 Å². The van der Waals surface area contributed by atoms with Crippen LogP contribution in [0.2, 0.25) is 0 Å². The molecule has 0 atom stereocenters. The van der Waals surface area contributed by atoms with Crippen LogP contribution >= 0.6 is 0 Å². The van der Waals surface area contributed by atoms with Gasteiger partial charge in [-0.3, -0.25) is 0 Å². The van der Waals surface area contributed by atoms with E-state index in [9.17, 15) is 8.78 Å². The Morgan fingerprint density at radius 3 is 2.50 bits per heavy atom. The first-order chi connectivity index (χ1) is 9.58. The smallest absolute Gasteiger partial charge is 0.178 e. The van der Waals surface area contributed by atoms with Crippen LogP contribution in [-0.2, 0) is 4.74 Å². The van der Waals surface area contributed by atoms with Crippen molar-refractivity contribution in [2.75, 3.05) is 30.6 Å². The van der Waals surface area contributed by atoms with Gasteiger partial charge in [0.15, 0.2) is 23.3 Å². The van der Waals surface area contributed by atoms with Crippen LogP contribution in [0.1, 0.15) is 26.7 Å². The Morgan fingerprint density at radius 2 is 2.00 bits per heavy atom. The molecule has 0 bridgehead atoms.